The summed E-state index contributed by atoms with van der Waals surface area (Å²) in [4.78, 5) is 15.8. The van der Waals surface area contributed by atoms with E-state index in [4.69, 9.17) is 15.0 Å². The number of hydrogen-bond acceptors (Lipinski definition) is 4. The van der Waals surface area contributed by atoms with Crippen molar-refractivity contribution < 1.29 is 0 Å². The highest BCUT2D eigenvalue weighted by Gasteiger charge is 2.24. The van der Waals surface area contributed by atoms with Gasteiger partial charge in [0.1, 0.15) is 0 Å². The highest BCUT2D eigenvalue weighted by atomic mass is 32.1. The van der Waals surface area contributed by atoms with Gasteiger partial charge in [-0.1, -0.05) is 206 Å². The second kappa shape index (κ2) is 16.6. The van der Waals surface area contributed by atoms with Gasteiger partial charge in [-0.05, 0) is 75.3 Å². The van der Waals surface area contributed by atoms with Crippen LogP contribution in [0.15, 0.2) is 243 Å². The number of thiophene rings is 1. The zero-order chi connectivity index (χ0) is 45.0. The molecule has 318 valence electrons. The molecule has 0 fully saturated rings. The van der Waals surface area contributed by atoms with E-state index in [1.165, 1.54) is 53.2 Å². The van der Waals surface area contributed by atoms with Gasteiger partial charge in [0, 0.05) is 58.9 Å². The lowest BCUT2D eigenvalue weighted by Crippen LogP contribution is -2.03. The molecule has 10 aromatic carbocycles. The second-order valence-corrected chi connectivity index (χ2v) is 18.2. The molecule has 68 heavy (non-hydrogen) atoms. The molecule has 13 rings (SSSR count). The van der Waals surface area contributed by atoms with Gasteiger partial charge in [-0.15, -0.1) is 11.3 Å². The van der Waals surface area contributed by atoms with Gasteiger partial charge in [-0.2, -0.15) is 0 Å². The van der Waals surface area contributed by atoms with E-state index in [-0.39, 0.29) is 0 Å². The van der Waals surface area contributed by atoms with Crippen LogP contribution in [0.4, 0.5) is 0 Å². The van der Waals surface area contributed by atoms with E-state index >= 15 is 0 Å². The van der Waals surface area contributed by atoms with Gasteiger partial charge in [0.05, 0.1) is 11.0 Å². The van der Waals surface area contributed by atoms with Gasteiger partial charge in [0.25, 0.3) is 0 Å². The van der Waals surface area contributed by atoms with E-state index in [1.807, 2.05) is 47.7 Å². The Morgan fingerprint density at radius 3 is 1.38 bits per heavy atom. The number of fused-ring (bicyclic) bond motifs is 6. The van der Waals surface area contributed by atoms with Crippen molar-refractivity contribution in [3.05, 3.63) is 243 Å². The molecule has 0 aliphatic carbocycles. The van der Waals surface area contributed by atoms with Crippen molar-refractivity contribution >= 4 is 53.3 Å². The summed E-state index contributed by atoms with van der Waals surface area (Å²) >= 11 is 1.86. The van der Waals surface area contributed by atoms with E-state index in [1.54, 1.807) is 0 Å². The summed E-state index contributed by atoms with van der Waals surface area (Å²) in [6.07, 6.45) is 0. The number of benzene rings is 10. The molecule has 0 N–H and O–H groups in total. The van der Waals surface area contributed by atoms with Crippen LogP contribution in [0, 0.1) is 0 Å². The van der Waals surface area contributed by atoms with Crippen molar-refractivity contribution in [2.24, 2.45) is 0 Å². The first kappa shape index (κ1) is 39.6. The molecule has 0 saturated carbocycles. The SMILES string of the molecule is c1ccc(-c2nc(-c3ccccc3)nc(-c3c(-c4ccccc4)ccc(-c4ccccc4)c3-c3ccc(-c4ccc5c(c4)sc4cc6c(cc45)c4ccccc4n6-c4ccccc4)cc3)n2)cc1. The summed E-state index contributed by atoms with van der Waals surface area (Å²) in [6, 6.07) is 86.4. The molecule has 0 amide bonds. The predicted octanol–water partition coefficient (Wildman–Crippen LogP) is 17.0. The molecule has 0 radical (unpaired) electrons. The summed E-state index contributed by atoms with van der Waals surface area (Å²) in [5.74, 6) is 1.86. The third-order valence-electron chi connectivity index (χ3n) is 13.1. The van der Waals surface area contributed by atoms with E-state index in [9.17, 15) is 0 Å². The summed E-state index contributed by atoms with van der Waals surface area (Å²) in [7, 11) is 0. The molecular weight excluding hydrogens is 845 g/mol. The van der Waals surface area contributed by atoms with Gasteiger partial charge < -0.3 is 4.57 Å². The maximum atomic E-state index is 5.35. The van der Waals surface area contributed by atoms with Gasteiger partial charge in [0.15, 0.2) is 17.5 Å². The number of rotatable bonds is 8. The van der Waals surface area contributed by atoms with Crippen molar-refractivity contribution in [3.8, 4) is 84.4 Å². The van der Waals surface area contributed by atoms with Crippen molar-refractivity contribution in [3.63, 3.8) is 0 Å². The summed E-state index contributed by atoms with van der Waals surface area (Å²) in [6.45, 7) is 0. The van der Waals surface area contributed by atoms with Crippen molar-refractivity contribution in [1.82, 2.24) is 19.5 Å². The van der Waals surface area contributed by atoms with Crippen LogP contribution in [0.1, 0.15) is 0 Å². The first-order chi connectivity index (χ1) is 33.7. The Labute approximate surface area is 397 Å². The monoisotopic (exact) mass is 884 g/mol. The van der Waals surface area contributed by atoms with Crippen molar-refractivity contribution in [1.29, 1.82) is 0 Å². The van der Waals surface area contributed by atoms with E-state index < -0.39 is 0 Å². The molecule has 0 atom stereocenters. The standard InChI is InChI=1S/C63H40N4S/c1-6-18-42(19-7-1)49-36-37-50(43-20-8-2-9-21-43)60(63-65-61(45-22-10-3-11-23-45)64-62(66-63)46-24-12-4-13-25-46)59(49)44-32-30-41(31-33-44)47-34-35-52-54-39-53-51-28-16-17-29-55(51)67(48-26-14-5-15-27-48)56(53)40-58(54)68-57(52)38-47/h1-40H. The van der Waals surface area contributed by atoms with Gasteiger partial charge in [-0.3, -0.25) is 0 Å². The molecule has 0 aliphatic rings. The fourth-order valence-electron chi connectivity index (χ4n) is 9.87. The quantitative estimate of drug-likeness (QED) is 0.153. The first-order valence-electron chi connectivity index (χ1n) is 22.9. The molecule has 3 heterocycles. The van der Waals surface area contributed by atoms with Crippen LogP contribution in [0.5, 0.6) is 0 Å². The zero-order valence-electron chi connectivity index (χ0n) is 36.8. The van der Waals surface area contributed by atoms with E-state index in [2.05, 4.69) is 211 Å². The molecule has 4 nitrogen and oxygen atoms in total. The molecule has 0 saturated heterocycles. The number of aromatic nitrogens is 4. The molecule has 0 aliphatic heterocycles. The summed E-state index contributed by atoms with van der Waals surface area (Å²) < 4.78 is 4.95. The molecule has 5 heteroatoms. The van der Waals surface area contributed by atoms with Crippen LogP contribution < -0.4 is 0 Å². The molecule has 0 spiro atoms. The minimum Gasteiger partial charge on any atom is -0.309 e. The van der Waals surface area contributed by atoms with E-state index in [0.29, 0.717) is 17.5 Å². The van der Waals surface area contributed by atoms with Crippen LogP contribution in [0.2, 0.25) is 0 Å². The van der Waals surface area contributed by atoms with Crippen LogP contribution in [0.3, 0.4) is 0 Å². The smallest absolute Gasteiger partial charge is 0.165 e. The Hall–Kier alpha value is -8.77. The highest BCUT2D eigenvalue weighted by Crippen LogP contribution is 2.47. The Morgan fingerprint density at radius 1 is 0.279 bits per heavy atom. The van der Waals surface area contributed by atoms with Gasteiger partial charge in [0.2, 0.25) is 0 Å². The molecule has 13 aromatic rings. The normalized spacial score (nSPS) is 11.5. The van der Waals surface area contributed by atoms with Crippen LogP contribution in [-0.4, -0.2) is 19.5 Å². The highest BCUT2D eigenvalue weighted by molar-refractivity contribution is 7.26. The molecular formula is C63H40N4S. The average molecular weight is 885 g/mol. The third-order valence-corrected chi connectivity index (χ3v) is 14.2. The molecule has 0 unspecified atom stereocenters. The average Bonchev–Trinajstić information content (AvgIpc) is 3.95. The first-order valence-corrected chi connectivity index (χ1v) is 23.7. The maximum absolute atomic E-state index is 5.35. The minimum atomic E-state index is 0.616. The predicted molar refractivity (Wildman–Crippen MR) is 285 cm³/mol. The van der Waals surface area contributed by atoms with Crippen LogP contribution in [0.25, 0.3) is 126 Å². The fraction of sp³-hybridized carbons (Fsp3) is 0. The van der Waals surface area contributed by atoms with Crippen molar-refractivity contribution in [2.45, 2.75) is 0 Å². The third kappa shape index (κ3) is 6.88. The Morgan fingerprint density at radius 2 is 0.765 bits per heavy atom. The van der Waals surface area contributed by atoms with Gasteiger partial charge >= 0.3 is 0 Å². The summed E-state index contributed by atoms with van der Waals surface area (Å²) in [5, 5.41) is 5.10. The lowest BCUT2D eigenvalue weighted by Gasteiger charge is -2.20. The number of hydrogen-bond donors (Lipinski definition) is 0. The second-order valence-electron chi connectivity index (χ2n) is 17.1. The number of nitrogens with zero attached hydrogens (tertiary/aromatic N) is 4. The largest absolute Gasteiger partial charge is 0.309 e. The zero-order valence-corrected chi connectivity index (χ0v) is 37.6. The molecule has 0 bridgehead atoms. The molecule has 3 aromatic heterocycles. The topological polar surface area (TPSA) is 43.6 Å². The fourth-order valence-corrected chi connectivity index (χ4v) is 11.0. The minimum absolute atomic E-state index is 0.616. The van der Waals surface area contributed by atoms with Crippen molar-refractivity contribution in [2.75, 3.05) is 0 Å². The van der Waals surface area contributed by atoms with E-state index in [0.717, 1.165) is 55.6 Å². The van der Waals surface area contributed by atoms with Gasteiger partial charge in [-0.25, -0.2) is 15.0 Å². The van der Waals surface area contributed by atoms with Crippen LogP contribution >= 0.6 is 11.3 Å². The lowest BCUT2D eigenvalue weighted by atomic mass is 9.85. The summed E-state index contributed by atoms with van der Waals surface area (Å²) in [5.41, 5.74) is 15.2. The maximum Gasteiger partial charge on any atom is 0.165 e. The Bertz CT molecular complexity index is 3920. The Balaban J connectivity index is 0.981. The lowest BCUT2D eigenvalue weighted by molar-refractivity contribution is 1.07. The Kier molecular flexibility index (Phi) is 9.66. The number of para-hydroxylation sites is 2. The van der Waals surface area contributed by atoms with Crippen LogP contribution in [-0.2, 0) is 0 Å².